The maximum atomic E-state index is 12.7. The Morgan fingerprint density at radius 3 is 1.69 bits per heavy atom. The fourth-order valence-corrected chi connectivity index (χ4v) is 3.12. The van der Waals surface area contributed by atoms with Gasteiger partial charge in [-0.1, -0.05) is 59.7 Å². The first-order valence-corrected chi connectivity index (χ1v) is 9.19. The molecule has 2 N–H and O–H groups in total. The number of aromatic carboxylic acids is 1. The summed E-state index contributed by atoms with van der Waals surface area (Å²) in [5.41, 5.74) is 5.30. The maximum absolute atomic E-state index is 12.7. The Bertz CT molecular complexity index is 925. The Kier molecular flexibility index (Phi) is 8.21. The summed E-state index contributed by atoms with van der Waals surface area (Å²) in [6, 6.07) is 22.6. The molecule has 0 heterocycles. The van der Waals surface area contributed by atoms with Crippen LogP contribution in [0, 0.1) is 13.8 Å². The zero-order valence-corrected chi connectivity index (χ0v) is 19.0. The van der Waals surface area contributed by atoms with Gasteiger partial charge in [0, 0.05) is 18.0 Å². The molecule has 1 amide bonds. The average Bonchev–Trinajstić information content (AvgIpc) is 2.68. The molecule has 3 aromatic rings. The molecule has 3 aromatic carbocycles. The van der Waals surface area contributed by atoms with E-state index in [0.717, 1.165) is 11.1 Å². The molecular formula is C24H24NNaO3. The first-order valence-electron chi connectivity index (χ1n) is 9.19. The number of carbonyl (C=O) groups excluding carboxylic acids is 1. The Morgan fingerprint density at radius 1 is 0.828 bits per heavy atom. The number of aryl methyl sites for hydroxylation is 2. The van der Waals surface area contributed by atoms with Crippen LogP contribution in [0.15, 0.2) is 72.8 Å². The second-order valence-corrected chi connectivity index (χ2v) is 7.01. The normalized spacial score (nSPS) is 10.3. The van der Waals surface area contributed by atoms with E-state index in [0.29, 0.717) is 12.1 Å². The molecule has 0 spiro atoms. The molecule has 0 aliphatic carbocycles. The molecule has 0 saturated carbocycles. The third-order valence-corrected chi connectivity index (χ3v) is 4.76. The standard InChI is InChI=1S/C24H23NO3.Na.H/c1-16-3-7-18(8-4-16)22(19-9-5-17(2)6-10-19)15-23(26)25-21-13-11-20(12-14-21)24(27)28;;/h3-14,22H,15H2,1-2H3,(H,25,26)(H,27,28);;/q;+1;-1. The van der Waals surface area contributed by atoms with Crippen LogP contribution in [0.25, 0.3) is 0 Å². The zero-order valence-electron chi connectivity index (χ0n) is 18.0. The first kappa shape index (κ1) is 22.9. The number of rotatable bonds is 6. The Morgan fingerprint density at radius 2 is 1.28 bits per heavy atom. The second kappa shape index (κ2) is 10.4. The van der Waals surface area contributed by atoms with Crippen LogP contribution in [0.5, 0.6) is 0 Å². The smallest absolute Gasteiger partial charge is 1.00 e. The van der Waals surface area contributed by atoms with Crippen LogP contribution >= 0.6 is 0 Å². The molecular weight excluding hydrogens is 373 g/mol. The Hall–Kier alpha value is -2.40. The predicted octanol–water partition coefficient (Wildman–Crippen LogP) is 2.28. The largest absolute Gasteiger partial charge is 1.00 e. The molecule has 0 unspecified atom stereocenters. The van der Waals surface area contributed by atoms with Gasteiger partial charge in [0.2, 0.25) is 5.91 Å². The van der Waals surface area contributed by atoms with Gasteiger partial charge in [0.25, 0.3) is 0 Å². The van der Waals surface area contributed by atoms with E-state index in [4.69, 9.17) is 5.11 Å². The third-order valence-electron chi connectivity index (χ3n) is 4.76. The summed E-state index contributed by atoms with van der Waals surface area (Å²) in [5, 5.41) is 11.8. The van der Waals surface area contributed by atoms with Crippen molar-refractivity contribution in [3.8, 4) is 0 Å². The number of carbonyl (C=O) groups is 2. The molecule has 5 heteroatoms. The molecule has 0 aliphatic heterocycles. The van der Waals surface area contributed by atoms with Crippen molar-refractivity contribution in [2.45, 2.75) is 26.2 Å². The zero-order chi connectivity index (χ0) is 20.1. The van der Waals surface area contributed by atoms with E-state index in [2.05, 4.69) is 53.8 Å². The second-order valence-electron chi connectivity index (χ2n) is 7.01. The van der Waals surface area contributed by atoms with Gasteiger partial charge in [0.05, 0.1) is 5.56 Å². The summed E-state index contributed by atoms with van der Waals surface area (Å²) in [4.78, 5) is 23.6. The SMILES string of the molecule is Cc1ccc(C(CC(=O)Nc2ccc(C(=O)O)cc2)c2ccc(C)cc2)cc1.[H-].[Na+]. The van der Waals surface area contributed by atoms with Crippen molar-refractivity contribution >= 4 is 17.6 Å². The van der Waals surface area contributed by atoms with Gasteiger partial charge in [0.1, 0.15) is 0 Å². The number of hydrogen-bond acceptors (Lipinski definition) is 2. The predicted molar refractivity (Wildman–Crippen MR) is 112 cm³/mol. The molecule has 0 bridgehead atoms. The van der Waals surface area contributed by atoms with E-state index in [1.165, 1.54) is 23.3 Å². The molecule has 4 nitrogen and oxygen atoms in total. The van der Waals surface area contributed by atoms with E-state index in [1.807, 2.05) is 13.8 Å². The van der Waals surface area contributed by atoms with Gasteiger partial charge in [0.15, 0.2) is 0 Å². The van der Waals surface area contributed by atoms with E-state index in [9.17, 15) is 9.59 Å². The Labute approximate surface area is 194 Å². The molecule has 3 rings (SSSR count). The minimum atomic E-state index is -0.989. The van der Waals surface area contributed by atoms with E-state index < -0.39 is 5.97 Å². The van der Waals surface area contributed by atoms with Crippen molar-refractivity contribution in [2.24, 2.45) is 0 Å². The molecule has 144 valence electrons. The number of carboxylic acids is 1. The number of hydrogen-bond donors (Lipinski definition) is 2. The number of anilines is 1. The number of carboxylic acid groups (broad SMARTS) is 1. The summed E-state index contributed by atoms with van der Waals surface area (Å²) >= 11 is 0. The van der Waals surface area contributed by atoms with Gasteiger partial charge >= 0.3 is 35.5 Å². The van der Waals surface area contributed by atoms with Gasteiger partial charge in [-0.3, -0.25) is 4.79 Å². The molecule has 0 aromatic heterocycles. The van der Waals surface area contributed by atoms with Crippen LogP contribution in [0.4, 0.5) is 5.69 Å². The fraction of sp³-hybridized carbons (Fsp3) is 0.167. The molecule has 0 saturated heterocycles. The van der Waals surface area contributed by atoms with E-state index >= 15 is 0 Å². The number of nitrogens with one attached hydrogen (secondary N) is 1. The van der Waals surface area contributed by atoms with Crippen LogP contribution in [-0.4, -0.2) is 17.0 Å². The van der Waals surface area contributed by atoms with Gasteiger partial charge < -0.3 is 11.8 Å². The van der Waals surface area contributed by atoms with Crippen LogP contribution in [0.3, 0.4) is 0 Å². The Balaban J connectivity index is 0.00000225. The third kappa shape index (κ3) is 6.29. The summed E-state index contributed by atoms with van der Waals surface area (Å²) in [5.74, 6) is -1.16. The van der Waals surface area contributed by atoms with Gasteiger partial charge in [-0.05, 0) is 49.2 Å². The van der Waals surface area contributed by atoms with Crippen LogP contribution < -0.4 is 34.9 Å². The van der Waals surface area contributed by atoms with Crippen LogP contribution in [0.2, 0.25) is 0 Å². The van der Waals surface area contributed by atoms with E-state index in [1.54, 1.807) is 12.1 Å². The van der Waals surface area contributed by atoms with Crippen molar-refractivity contribution in [2.75, 3.05) is 5.32 Å². The van der Waals surface area contributed by atoms with Crippen LogP contribution in [-0.2, 0) is 4.79 Å². The van der Waals surface area contributed by atoms with E-state index in [-0.39, 0.29) is 48.4 Å². The molecule has 0 fully saturated rings. The molecule has 0 aliphatic rings. The summed E-state index contributed by atoms with van der Waals surface area (Å²) in [6.45, 7) is 4.08. The van der Waals surface area contributed by atoms with Crippen molar-refractivity contribution < 1.29 is 45.7 Å². The fourth-order valence-electron chi connectivity index (χ4n) is 3.12. The number of amides is 1. The van der Waals surface area contributed by atoms with Crippen molar-refractivity contribution in [1.82, 2.24) is 0 Å². The van der Waals surface area contributed by atoms with Crippen molar-refractivity contribution in [3.63, 3.8) is 0 Å². The minimum absolute atomic E-state index is 0. The van der Waals surface area contributed by atoms with Crippen molar-refractivity contribution in [3.05, 3.63) is 101 Å². The topological polar surface area (TPSA) is 66.4 Å². The monoisotopic (exact) mass is 397 g/mol. The summed E-state index contributed by atoms with van der Waals surface area (Å²) in [7, 11) is 0. The van der Waals surface area contributed by atoms with Crippen LogP contribution in [0.1, 0.15) is 46.4 Å². The maximum Gasteiger partial charge on any atom is 1.00 e. The molecule has 0 radical (unpaired) electrons. The van der Waals surface area contributed by atoms with Gasteiger partial charge in [-0.2, -0.15) is 0 Å². The molecule has 0 atom stereocenters. The molecule has 29 heavy (non-hydrogen) atoms. The van der Waals surface area contributed by atoms with Gasteiger partial charge in [-0.15, -0.1) is 0 Å². The van der Waals surface area contributed by atoms with Crippen molar-refractivity contribution in [1.29, 1.82) is 0 Å². The first-order chi connectivity index (χ1) is 13.4. The summed E-state index contributed by atoms with van der Waals surface area (Å²) in [6.07, 6.45) is 0.298. The number of benzene rings is 3. The quantitative estimate of drug-likeness (QED) is 0.627. The average molecular weight is 397 g/mol. The summed E-state index contributed by atoms with van der Waals surface area (Å²) < 4.78 is 0. The van der Waals surface area contributed by atoms with Gasteiger partial charge in [-0.25, -0.2) is 4.79 Å². The minimum Gasteiger partial charge on any atom is -1.00 e.